The first-order valence-electron chi connectivity index (χ1n) is 16.3. The smallest absolute Gasteiger partial charge is 0.337 e. The number of carboxylic acids is 1. The highest BCUT2D eigenvalue weighted by Crippen LogP contribution is 2.60. The Balaban J connectivity index is 1.03. The number of aromatic carboxylic acids is 1. The van der Waals surface area contributed by atoms with E-state index in [1.54, 1.807) is 11.3 Å². The molecule has 10 rings (SSSR count). The van der Waals surface area contributed by atoms with E-state index in [9.17, 15) is 9.90 Å². The minimum Gasteiger partial charge on any atom is -0.478 e. The van der Waals surface area contributed by atoms with E-state index in [1.165, 1.54) is 38.5 Å². The van der Waals surface area contributed by atoms with E-state index in [0.29, 0.717) is 16.4 Å². The lowest BCUT2D eigenvalue weighted by Crippen LogP contribution is -2.48. The molecule has 0 amide bonds. The van der Waals surface area contributed by atoms with Crippen molar-refractivity contribution >= 4 is 49.4 Å². The highest BCUT2D eigenvalue weighted by Gasteiger charge is 2.51. The van der Waals surface area contributed by atoms with Gasteiger partial charge in [0.25, 0.3) is 0 Å². The number of para-hydroxylation sites is 1. The molecule has 2 N–H and O–H groups in total. The Hall–Kier alpha value is -4.50. The summed E-state index contributed by atoms with van der Waals surface area (Å²) in [6, 6.07) is 16.0. The van der Waals surface area contributed by atoms with Gasteiger partial charge in [0.15, 0.2) is 5.13 Å². The molecular formula is C37H36N6O2S. The van der Waals surface area contributed by atoms with Crippen LogP contribution in [0, 0.1) is 37.0 Å². The molecule has 0 unspecified atom stereocenters. The molecule has 4 aliphatic rings. The second-order valence-corrected chi connectivity index (χ2v) is 15.1. The molecule has 4 aliphatic carbocycles. The van der Waals surface area contributed by atoms with Crippen molar-refractivity contribution in [3.63, 3.8) is 0 Å². The fourth-order valence-electron chi connectivity index (χ4n) is 9.42. The summed E-state index contributed by atoms with van der Waals surface area (Å²) in [5.74, 6) is 2.47. The maximum Gasteiger partial charge on any atom is 0.337 e. The molecule has 4 aromatic heterocycles. The molecule has 4 saturated carbocycles. The average molecular weight is 629 g/mol. The largest absolute Gasteiger partial charge is 0.478 e. The van der Waals surface area contributed by atoms with Crippen LogP contribution in [0.3, 0.4) is 0 Å². The lowest BCUT2D eigenvalue weighted by Gasteiger charge is -2.56. The molecule has 4 heterocycles. The van der Waals surface area contributed by atoms with Gasteiger partial charge in [-0.1, -0.05) is 29.5 Å². The van der Waals surface area contributed by atoms with Gasteiger partial charge >= 0.3 is 5.97 Å². The standard InChI is InChI=1S/C37H36N6O2S/c1-21-11-26(18-38-34(21)41-36-40-30-5-3-4-6-32(30)46-36)42-10-9-28-31(42)8-7-27(33(28)35(44)45)29-19-39-43(22(29)2)20-37-15-23-12-24(16-37)14-25(13-23)17-37/h3-11,18-19,23-25H,12-17,20H2,1-2H3,(H,44,45)(H,38,40,41). The highest BCUT2D eigenvalue weighted by atomic mass is 32.1. The van der Waals surface area contributed by atoms with Gasteiger partial charge in [0.1, 0.15) is 5.82 Å². The number of nitrogens with zero attached hydrogens (tertiary/aromatic N) is 5. The molecule has 4 fully saturated rings. The van der Waals surface area contributed by atoms with Crippen LogP contribution in [0.4, 0.5) is 10.9 Å². The second kappa shape index (κ2) is 10.3. The minimum atomic E-state index is -0.934. The van der Waals surface area contributed by atoms with E-state index in [-0.39, 0.29) is 0 Å². The molecule has 0 atom stereocenters. The molecule has 2 aromatic carbocycles. The molecule has 4 bridgehead atoms. The van der Waals surface area contributed by atoms with E-state index in [0.717, 1.165) is 79.1 Å². The summed E-state index contributed by atoms with van der Waals surface area (Å²) in [7, 11) is 0. The van der Waals surface area contributed by atoms with E-state index >= 15 is 0 Å². The molecule has 232 valence electrons. The van der Waals surface area contributed by atoms with Crippen LogP contribution in [0.5, 0.6) is 0 Å². The van der Waals surface area contributed by atoms with Gasteiger partial charge in [-0.3, -0.25) is 4.68 Å². The number of carbonyl (C=O) groups is 1. The van der Waals surface area contributed by atoms with Crippen LogP contribution in [-0.4, -0.2) is 35.4 Å². The van der Waals surface area contributed by atoms with Crippen LogP contribution in [0.15, 0.2) is 67.1 Å². The van der Waals surface area contributed by atoms with Crippen LogP contribution in [0.25, 0.3) is 37.9 Å². The summed E-state index contributed by atoms with van der Waals surface area (Å²) in [5, 5.41) is 20.3. The van der Waals surface area contributed by atoms with Crippen LogP contribution < -0.4 is 5.32 Å². The van der Waals surface area contributed by atoms with Crippen molar-refractivity contribution < 1.29 is 9.90 Å². The Kier molecular flexibility index (Phi) is 6.19. The lowest BCUT2D eigenvalue weighted by atomic mass is 9.49. The third kappa shape index (κ3) is 4.47. The quantitative estimate of drug-likeness (QED) is 0.183. The predicted molar refractivity (Wildman–Crippen MR) is 182 cm³/mol. The lowest BCUT2D eigenvalue weighted by molar-refractivity contribution is -0.0638. The molecule has 0 aliphatic heterocycles. The summed E-state index contributed by atoms with van der Waals surface area (Å²) in [5.41, 5.74) is 6.96. The van der Waals surface area contributed by atoms with Crippen LogP contribution in [0.2, 0.25) is 0 Å². The fourth-order valence-corrected chi connectivity index (χ4v) is 10.3. The number of aryl methyl sites for hydroxylation is 1. The van der Waals surface area contributed by atoms with Crippen LogP contribution >= 0.6 is 11.3 Å². The van der Waals surface area contributed by atoms with Crippen molar-refractivity contribution in [1.82, 2.24) is 24.3 Å². The number of fused-ring (bicyclic) bond motifs is 2. The Morgan fingerprint density at radius 3 is 2.48 bits per heavy atom. The monoisotopic (exact) mass is 628 g/mol. The SMILES string of the molecule is Cc1cc(-n2ccc3c(C(=O)O)c(-c4cnn(CC56CC7CC(CC(C7)C5)C6)c4C)ccc32)cnc1Nc1nc2ccccc2s1. The zero-order chi connectivity index (χ0) is 31.2. The van der Waals surface area contributed by atoms with Crippen molar-refractivity contribution in [2.75, 3.05) is 5.32 Å². The van der Waals surface area contributed by atoms with Crippen LogP contribution in [0.1, 0.15) is 60.1 Å². The summed E-state index contributed by atoms with van der Waals surface area (Å²) >= 11 is 1.60. The normalized spacial score (nSPS) is 23.5. The molecule has 8 nitrogen and oxygen atoms in total. The van der Waals surface area contributed by atoms with Gasteiger partial charge in [-0.15, -0.1) is 0 Å². The second-order valence-electron chi connectivity index (χ2n) is 14.1. The number of anilines is 2. The van der Waals surface area contributed by atoms with E-state index in [1.807, 2.05) is 66.5 Å². The van der Waals surface area contributed by atoms with Crippen molar-refractivity contribution in [1.29, 1.82) is 0 Å². The molecule has 6 aromatic rings. The van der Waals surface area contributed by atoms with Crippen molar-refractivity contribution in [2.24, 2.45) is 23.2 Å². The Morgan fingerprint density at radius 1 is 1.00 bits per heavy atom. The Morgan fingerprint density at radius 2 is 1.76 bits per heavy atom. The number of carboxylic acid groups (broad SMARTS) is 1. The minimum absolute atomic E-state index is 0.313. The first kappa shape index (κ1) is 27.8. The van der Waals surface area contributed by atoms with Gasteiger partial charge in [-0.05, 0) is 111 Å². The highest BCUT2D eigenvalue weighted by molar-refractivity contribution is 7.22. The van der Waals surface area contributed by atoms with Crippen molar-refractivity contribution in [3.05, 3.63) is 83.9 Å². The summed E-state index contributed by atoms with van der Waals surface area (Å²) in [6.07, 6.45) is 13.9. The van der Waals surface area contributed by atoms with E-state index < -0.39 is 5.97 Å². The third-order valence-electron chi connectivity index (χ3n) is 11.0. The van der Waals surface area contributed by atoms with Gasteiger partial charge in [-0.2, -0.15) is 5.10 Å². The molecule has 0 radical (unpaired) electrons. The van der Waals surface area contributed by atoms with Gasteiger partial charge < -0.3 is 15.0 Å². The zero-order valence-corrected chi connectivity index (χ0v) is 26.8. The predicted octanol–water partition coefficient (Wildman–Crippen LogP) is 8.77. The number of pyridine rings is 1. The maximum absolute atomic E-state index is 12.8. The van der Waals surface area contributed by atoms with Gasteiger partial charge in [-0.25, -0.2) is 14.8 Å². The number of hydrogen-bond acceptors (Lipinski definition) is 6. The molecule has 46 heavy (non-hydrogen) atoms. The molecule has 0 saturated heterocycles. The van der Waals surface area contributed by atoms with E-state index in [4.69, 9.17) is 10.1 Å². The number of benzene rings is 2. The summed E-state index contributed by atoms with van der Waals surface area (Å²) < 4.78 is 5.30. The topological polar surface area (TPSA) is 97.9 Å². The van der Waals surface area contributed by atoms with Gasteiger partial charge in [0.2, 0.25) is 0 Å². The fraction of sp³-hybridized carbons (Fsp3) is 0.351. The van der Waals surface area contributed by atoms with Crippen molar-refractivity contribution in [3.8, 4) is 16.8 Å². The van der Waals surface area contributed by atoms with Gasteiger partial charge in [0, 0.05) is 34.9 Å². The Labute approximate surface area is 271 Å². The average Bonchev–Trinajstić information content (AvgIpc) is 3.73. The first-order valence-corrected chi connectivity index (χ1v) is 17.1. The number of aromatic nitrogens is 5. The van der Waals surface area contributed by atoms with Crippen LogP contribution in [-0.2, 0) is 6.54 Å². The Bertz CT molecular complexity index is 2110. The molecule has 0 spiro atoms. The summed E-state index contributed by atoms with van der Waals surface area (Å²) in [4.78, 5) is 22.3. The van der Waals surface area contributed by atoms with Crippen molar-refractivity contribution in [2.45, 2.75) is 58.9 Å². The van der Waals surface area contributed by atoms with E-state index in [2.05, 4.69) is 34.0 Å². The molecule has 9 heteroatoms. The number of thiazole rings is 1. The molecular weight excluding hydrogens is 593 g/mol. The third-order valence-corrected chi connectivity index (χ3v) is 11.9. The van der Waals surface area contributed by atoms with Gasteiger partial charge in [0.05, 0.1) is 39.4 Å². The number of nitrogens with one attached hydrogen (secondary N) is 1. The number of rotatable bonds is 7. The maximum atomic E-state index is 12.8. The first-order chi connectivity index (χ1) is 22.3. The zero-order valence-electron chi connectivity index (χ0n) is 26.0. The summed E-state index contributed by atoms with van der Waals surface area (Å²) in [6.45, 7) is 5.06. The number of hydrogen-bond donors (Lipinski definition) is 2.